The number of aromatic nitrogens is 2. The van der Waals surface area contributed by atoms with Gasteiger partial charge in [0, 0.05) is 23.9 Å². The summed E-state index contributed by atoms with van der Waals surface area (Å²) in [5, 5.41) is 0.679. The smallest absolute Gasteiger partial charge is 0.270 e. The van der Waals surface area contributed by atoms with Gasteiger partial charge in [-0.3, -0.25) is 4.79 Å². The predicted molar refractivity (Wildman–Crippen MR) is 118 cm³/mol. The number of hydrogen-bond acceptors (Lipinski definition) is 4. The van der Waals surface area contributed by atoms with Crippen molar-refractivity contribution in [2.45, 2.75) is 31.7 Å². The third-order valence-corrected chi connectivity index (χ3v) is 5.95. The number of hydrogen-bond donors (Lipinski definition) is 1. The van der Waals surface area contributed by atoms with Gasteiger partial charge in [0.05, 0.1) is 13.3 Å². The zero-order valence-electron chi connectivity index (χ0n) is 17.8. The summed E-state index contributed by atoms with van der Waals surface area (Å²) >= 11 is 0. The SMILES string of the molecule is COc1cccc(Cc2cnc([C@H]3CCCCN3C(=O)c3cc4cc(F)ccc4[nH]3)o2)c1. The van der Waals surface area contributed by atoms with E-state index in [4.69, 9.17) is 9.15 Å². The first kappa shape index (κ1) is 20.3. The van der Waals surface area contributed by atoms with E-state index in [9.17, 15) is 9.18 Å². The van der Waals surface area contributed by atoms with Crippen molar-refractivity contribution in [3.8, 4) is 5.75 Å². The minimum Gasteiger partial charge on any atom is -0.497 e. The number of piperidine rings is 1. The summed E-state index contributed by atoms with van der Waals surface area (Å²) in [6.07, 6.45) is 5.05. The molecule has 1 aliphatic rings. The summed E-state index contributed by atoms with van der Waals surface area (Å²) in [7, 11) is 1.64. The number of carbonyl (C=O) groups excluding carboxylic acids is 1. The van der Waals surface area contributed by atoms with E-state index in [1.165, 1.54) is 12.1 Å². The number of likely N-dealkylation sites (tertiary alicyclic amines) is 1. The lowest BCUT2D eigenvalue weighted by molar-refractivity contribution is 0.0565. The lowest BCUT2D eigenvalue weighted by Crippen LogP contribution is -2.38. The number of fused-ring (bicyclic) bond motifs is 1. The number of amides is 1. The fourth-order valence-corrected chi connectivity index (χ4v) is 4.35. The standard InChI is InChI=1S/C25H24FN3O3/c1-31-19-6-4-5-16(11-19)12-20-15-27-24(32-20)23-7-2-3-10-29(23)25(30)22-14-17-13-18(26)8-9-21(17)28-22/h4-6,8-9,11,13-15,23,28H,2-3,7,10,12H2,1H3/t23-/m1/s1. The molecule has 1 aliphatic heterocycles. The van der Waals surface area contributed by atoms with E-state index < -0.39 is 0 Å². The molecule has 0 bridgehead atoms. The number of halogens is 1. The fraction of sp³-hybridized carbons (Fsp3) is 0.280. The molecule has 5 rings (SSSR count). The molecule has 0 spiro atoms. The number of benzene rings is 2. The number of methoxy groups -OCH3 is 1. The van der Waals surface area contributed by atoms with Crippen LogP contribution in [0.1, 0.15) is 53.0 Å². The van der Waals surface area contributed by atoms with E-state index in [-0.39, 0.29) is 17.8 Å². The Labute approximate surface area is 185 Å². The minimum atomic E-state index is -0.324. The fourth-order valence-electron chi connectivity index (χ4n) is 4.35. The van der Waals surface area contributed by atoms with Crippen LogP contribution in [-0.4, -0.2) is 34.4 Å². The molecule has 0 saturated carbocycles. The molecule has 3 heterocycles. The van der Waals surface area contributed by atoms with Gasteiger partial charge in [-0.05, 0) is 61.2 Å². The average Bonchev–Trinajstić information content (AvgIpc) is 3.45. The number of H-pyrrole nitrogens is 1. The van der Waals surface area contributed by atoms with Gasteiger partial charge in [0.15, 0.2) is 0 Å². The summed E-state index contributed by atoms with van der Waals surface area (Å²) in [5.74, 6) is 1.64. The van der Waals surface area contributed by atoms with Crippen LogP contribution in [0.2, 0.25) is 0 Å². The molecular weight excluding hydrogens is 409 g/mol. The number of carbonyl (C=O) groups is 1. The molecule has 7 heteroatoms. The maximum atomic E-state index is 13.5. The van der Waals surface area contributed by atoms with Crippen LogP contribution in [-0.2, 0) is 6.42 Å². The van der Waals surface area contributed by atoms with Crippen LogP contribution in [0.15, 0.2) is 59.1 Å². The summed E-state index contributed by atoms with van der Waals surface area (Å²) < 4.78 is 24.9. The van der Waals surface area contributed by atoms with Gasteiger partial charge < -0.3 is 19.0 Å². The summed E-state index contributed by atoms with van der Waals surface area (Å²) in [4.78, 5) is 22.8. The lowest BCUT2D eigenvalue weighted by atomic mass is 10.0. The molecule has 1 saturated heterocycles. The van der Waals surface area contributed by atoms with Crippen molar-refractivity contribution in [2.75, 3.05) is 13.7 Å². The van der Waals surface area contributed by atoms with Crippen LogP contribution in [0.3, 0.4) is 0 Å². The van der Waals surface area contributed by atoms with Gasteiger partial charge in [0.25, 0.3) is 5.91 Å². The van der Waals surface area contributed by atoms with Gasteiger partial charge in [-0.2, -0.15) is 0 Å². The first-order valence-corrected chi connectivity index (χ1v) is 10.8. The van der Waals surface area contributed by atoms with E-state index >= 15 is 0 Å². The van der Waals surface area contributed by atoms with Gasteiger partial charge in [-0.1, -0.05) is 12.1 Å². The Bertz CT molecular complexity index is 1260. The van der Waals surface area contributed by atoms with Gasteiger partial charge in [-0.25, -0.2) is 9.37 Å². The van der Waals surface area contributed by atoms with E-state index in [0.717, 1.165) is 41.9 Å². The second-order valence-electron chi connectivity index (χ2n) is 8.12. The molecular formula is C25H24FN3O3. The van der Waals surface area contributed by atoms with Crippen molar-refractivity contribution in [2.24, 2.45) is 0 Å². The third-order valence-electron chi connectivity index (χ3n) is 5.95. The second kappa shape index (κ2) is 8.49. The molecule has 32 heavy (non-hydrogen) atoms. The van der Waals surface area contributed by atoms with E-state index in [0.29, 0.717) is 29.9 Å². The summed E-state index contributed by atoms with van der Waals surface area (Å²) in [6.45, 7) is 0.626. The van der Waals surface area contributed by atoms with E-state index in [1.807, 2.05) is 29.2 Å². The zero-order valence-corrected chi connectivity index (χ0v) is 17.8. The van der Waals surface area contributed by atoms with Crippen LogP contribution in [0.5, 0.6) is 5.75 Å². The molecule has 1 N–H and O–H groups in total. The minimum absolute atomic E-state index is 0.126. The van der Waals surface area contributed by atoms with Gasteiger partial charge in [0.1, 0.15) is 29.1 Å². The molecule has 1 fully saturated rings. The highest BCUT2D eigenvalue weighted by Gasteiger charge is 2.32. The van der Waals surface area contributed by atoms with Crippen LogP contribution in [0.25, 0.3) is 10.9 Å². The molecule has 1 atom stereocenters. The Kier molecular flexibility index (Phi) is 5.39. The van der Waals surface area contributed by atoms with Gasteiger partial charge in [0.2, 0.25) is 5.89 Å². The molecule has 0 unspecified atom stereocenters. The maximum absolute atomic E-state index is 13.5. The predicted octanol–water partition coefficient (Wildman–Crippen LogP) is 5.26. The monoisotopic (exact) mass is 433 g/mol. The van der Waals surface area contributed by atoms with Crippen LogP contribution in [0.4, 0.5) is 4.39 Å². The highest BCUT2D eigenvalue weighted by molar-refractivity contribution is 5.98. The molecule has 2 aromatic heterocycles. The Morgan fingerprint density at radius 2 is 2.16 bits per heavy atom. The van der Waals surface area contributed by atoms with Crippen molar-refractivity contribution < 1.29 is 18.3 Å². The van der Waals surface area contributed by atoms with Gasteiger partial charge in [-0.15, -0.1) is 0 Å². The number of nitrogens with one attached hydrogen (secondary N) is 1. The number of rotatable bonds is 5. The quantitative estimate of drug-likeness (QED) is 0.466. The number of nitrogens with zero attached hydrogens (tertiary/aromatic N) is 2. The van der Waals surface area contributed by atoms with Crippen LogP contribution < -0.4 is 4.74 Å². The van der Waals surface area contributed by atoms with Crippen molar-refractivity contribution in [3.05, 3.63) is 83.5 Å². The van der Waals surface area contributed by atoms with Crippen LogP contribution >= 0.6 is 0 Å². The second-order valence-corrected chi connectivity index (χ2v) is 8.12. The van der Waals surface area contributed by atoms with Crippen molar-refractivity contribution in [3.63, 3.8) is 0 Å². The highest BCUT2D eigenvalue weighted by atomic mass is 19.1. The van der Waals surface area contributed by atoms with E-state index in [2.05, 4.69) is 9.97 Å². The maximum Gasteiger partial charge on any atom is 0.270 e. The molecule has 0 aliphatic carbocycles. The third kappa shape index (κ3) is 3.98. The number of aromatic amines is 1. The van der Waals surface area contributed by atoms with E-state index in [1.54, 1.807) is 25.4 Å². The lowest BCUT2D eigenvalue weighted by Gasteiger charge is -2.33. The number of ether oxygens (including phenoxy) is 1. The van der Waals surface area contributed by atoms with Crippen molar-refractivity contribution in [1.82, 2.24) is 14.9 Å². The van der Waals surface area contributed by atoms with Crippen molar-refractivity contribution >= 4 is 16.8 Å². The first-order chi connectivity index (χ1) is 15.6. The Morgan fingerprint density at radius 1 is 1.25 bits per heavy atom. The Morgan fingerprint density at radius 3 is 3.03 bits per heavy atom. The highest BCUT2D eigenvalue weighted by Crippen LogP contribution is 2.33. The average molecular weight is 433 g/mol. The molecule has 0 radical (unpaired) electrons. The normalized spacial score (nSPS) is 16.4. The summed E-state index contributed by atoms with van der Waals surface area (Å²) in [5.41, 5.74) is 2.25. The topological polar surface area (TPSA) is 71.4 Å². The summed E-state index contributed by atoms with van der Waals surface area (Å²) in [6, 6.07) is 13.8. The molecule has 2 aromatic carbocycles. The van der Waals surface area contributed by atoms with Crippen LogP contribution in [0, 0.1) is 5.82 Å². The van der Waals surface area contributed by atoms with Crippen molar-refractivity contribution in [1.29, 1.82) is 0 Å². The van der Waals surface area contributed by atoms with Gasteiger partial charge >= 0.3 is 0 Å². The zero-order chi connectivity index (χ0) is 22.1. The largest absolute Gasteiger partial charge is 0.497 e. The Balaban J connectivity index is 1.37. The molecule has 1 amide bonds. The molecule has 4 aromatic rings. The molecule has 164 valence electrons. The first-order valence-electron chi connectivity index (χ1n) is 10.8. The molecule has 6 nitrogen and oxygen atoms in total. The number of oxazole rings is 1. The Hall–Kier alpha value is -3.61.